The average molecular weight is 152 g/mol. The number of aliphatic hydroxyl groups excluding tert-OH is 1. The molecule has 0 saturated carbocycles. The second-order valence-corrected chi connectivity index (χ2v) is 1.95. The van der Waals surface area contributed by atoms with Crippen LogP contribution in [0.1, 0.15) is 0 Å². The van der Waals surface area contributed by atoms with E-state index in [4.69, 9.17) is 5.11 Å². The highest BCUT2D eigenvalue weighted by molar-refractivity contribution is 5.85. The molecule has 1 N–H and O–H groups in total. The van der Waals surface area contributed by atoms with E-state index in [-0.39, 0.29) is 25.1 Å². The van der Waals surface area contributed by atoms with E-state index in [1.807, 2.05) is 19.0 Å². The van der Waals surface area contributed by atoms with Crippen LogP contribution in [0.3, 0.4) is 0 Å². The molecule has 0 heterocycles. The van der Waals surface area contributed by atoms with Gasteiger partial charge >= 0.3 is 0 Å². The molecule has 0 unspecified atom stereocenters. The molecule has 0 aliphatic heterocycles. The topological polar surface area (TPSA) is 23.5 Å². The number of hydrogen-bond acceptors (Lipinski definition) is 2. The number of likely N-dealkylation sites (N-methyl/N-ethyl adjacent to an activating group) is 1. The van der Waals surface area contributed by atoms with E-state index in [0.29, 0.717) is 0 Å². The van der Waals surface area contributed by atoms with E-state index in [2.05, 4.69) is 6.58 Å². The first-order valence-corrected chi connectivity index (χ1v) is 2.62. The zero-order valence-electron chi connectivity index (χ0n) is 5.87. The molecule has 0 aromatic rings. The van der Waals surface area contributed by atoms with E-state index in [1.54, 1.807) is 6.08 Å². The van der Waals surface area contributed by atoms with Crippen LogP contribution in [-0.2, 0) is 0 Å². The van der Waals surface area contributed by atoms with Gasteiger partial charge in [-0.1, -0.05) is 6.08 Å². The third-order valence-corrected chi connectivity index (χ3v) is 1.12. The predicted octanol–water partition coefficient (Wildman–Crippen LogP) is 0.517. The van der Waals surface area contributed by atoms with Crippen LogP contribution in [0.2, 0.25) is 0 Å². The van der Waals surface area contributed by atoms with Crippen LogP contribution in [0, 0.1) is 0 Å². The molecule has 0 aliphatic carbocycles. The van der Waals surface area contributed by atoms with Crippen LogP contribution in [0.25, 0.3) is 0 Å². The van der Waals surface area contributed by atoms with Gasteiger partial charge in [0.05, 0.1) is 12.6 Å². The Morgan fingerprint density at radius 2 is 2.11 bits per heavy atom. The van der Waals surface area contributed by atoms with Gasteiger partial charge in [0.25, 0.3) is 0 Å². The van der Waals surface area contributed by atoms with Crippen molar-refractivity contribution in [2.45, 2.75) is 6.04 Å². The Morgan fingerprint density at radius 3 is 2.11 bits per heavy atom. The maximum Gasteiger partial charge on any atom is 0.0622 e. The highest BCUT2D eigenvalue weighted by Gasteiger charge is 2.01. The second-order valence-electron chi connectivity index (χ2n) is 1.95. The SMILES string of the molecule is C=C[C@H](CO)N(C)C.Cl. The standard InChI is InChI=1S/C6H13NO.ClH/c1-4-6(5-8)7(2)3;/h4,6,8H,1,5H2,2-3H3;1H/t6-;/m1./s1. The molecular weight excluding hydrogens is 138 g/mol. The molecule has 0 saturated heterocycles. The number of nitrogens with zero attached hydrogens (tertiary/aromatic N) is 1. The van der Waals surface area contributed by atoms with Gasteiger partial charge in [0.2, 0.25) is 0 Å². The summed E-state index contributed by atoms with van der Waals surface area (Å²) in [6.07, 6.45) is 1.72. The van der Waals surface area contributed by atoms with Crippen molar-refractivity contribution in [2.75, 3.05) is 20.7 Å². The van der Waals surface area contributed by atoms with Crippen molar-refractivity contribution in [1.82, 2.24) is 4.90 Å². The first-order chi connectivity index (χ1) is 3.72. The lowest BCUT2D eigenvalue weighted by atomic mass is 10.3. The number of halogens is 1. The van der Waals surface area contributed by atoms with Crippen LogP contribution in [-0.4, -0.2) is 36.8 Å². The Kier molecular flexibility index (Phi) is 7.91. The van der Waals surface area contributed by atoms with Crippen molar-refractivity contribution < 1.29 is 5.11 Å². The molecule has 2 nitrogen and oxygen atoms in total. The molecule has 0 rings (SSSR count). The third-order valence-electron chi connectivity index (χ3n) is 1.12. The predicted molar refractivity (Wildman–Crippen MR) is 42.0 cm³/mol. The Labute approximate surface area is 62.6 Å². The van der Waals surface area contributed by atoms with Gasteiger partial charge in [0, 0.05) is 0 Å². The van der Waals surface area contributed by atoms with Crippen LogP contribution < -0.4 is 0 Å². The molecule has 0 spiro atoms. The summed E-state index contributed by atoms with van der Waals surface area (Å²) in [5.41, 5.74) is 0. The maximum absolute atomic E-state index is 8.58. The van der Waals surface area contributed by atoms with Crippen molar-refractivity contribution in [1.29, 1.82) is 0 Å². The molecule has 3 heteroatoms. The highest BCUT2D eigenvalue weighted by Crippen LogP contribution is 1.90. The summed E-state index contributed by atoms with van der Waals surface area (Å²) in [7, 11) is 3.81. The summed E-state index contributed by atoms with van der Waals surface area (Å²) in [5.74, 6) is 0. The number of hydrogen-bond donors (Lipinski definition) is 1. The van der Waals surface area contributed by atoms with Crippen LogP contribution in [0.5, 0.6) is 0 Å². The van der Waals surface area contributed by atoms with Crippen molar-refractivity contribution >= 4 is 12.4 Å². The molecule has 0 aromatic heterocycles. The van der Waals surface area contributed by atoms with Crippen molar-refractivity contribution in [2.24, 2.45) is 0 Å². The highest BCUT2D eigenvalue weighted by atomic mass is 35.5. The first-order valence-electron chi connectivity index (χ1n) is 2.62. The summed E-state index contributed by atoms with van der Waals surface area (Å²) < 4.78 is 0. The molecule has 0 radical (unpaired) electrons. The fourth-order valence-corrected chi connectivity index (χ4v) is 0.449. The lowest BCUT2D eigenvalue weighted by Crippen LogP contribution is -2.28. The smallest absolute Gasteiger partial charge is 0.0622 e. The molecule has 0 bridgehead atoms. The van der Waals surface area contributed by atoms with E-state index >= 15 is 0 Å². The van der Waals surface area contributed by atoms with Gasteiger partial charge in [-0.15, -0.1) is 19.0 Å². The van der Waals surface area contributed by atoms with Crippen molar-refractivity contribution in [3.63, 3.8) is 0 Å². The Hall–Kier alpha value is -0.0500. The summed E-state index contributed by atoms with van der Waals surface area (Å²) in [5, 5.41) is 8.58. The zero-order valence-corrected chi connectivity index (χ0v) is 6.69. The maximum atomic E-state index is 8.58. The lowest BCUT2D eigenvalue weighted by molar-refractivity contribution is 0.200. The van der Waals surface area contributed by atoms with Gasteiger partial charge < -0.3 is 10.0 Å². The molecule has 56 valence electrons. The molecule has 0 aromatic carbocycles. The monoisotopic (exact) mass is 151 g/mol. The van der Waals surface area contributed by atoms with E-state index < -0.39 is 0 Å². The minimum absolute atomic E-state index is 0. The largest absolute Gasteiger partial charge is 0.394 e. The summed E-state index contributed by atoms with van der Waals surface area (Å²) in [4.78, 5) is 1.91. The molecular formula is C6H14ClNO. The molecule has 1 atom stereocenters. The fourth-order valence-electron chi connectivity index (χ4n) is 0.449. The van der Waals surface area contributed by atoms with Crippen molar-refractivity contribution in [3.8, 4) is 0 Å². The van der Waals surface area contributed by atoms with E-state index in [0.717, 1.165) is 0 Å². The molecule has 9 heavy (non-hydrogen) atoms. The quantitative estimate of drug-likeness (QED) is 0.595. The molecule has 0 aliphatic rings. The van der Waals surface area contributed by atoms with Gasteiger partial charge in [-0.3, -0.25) is 0 Å². The van der Waals surface area contributed by atoms with E-state index in [1.165, 1.54) is 0 Å². The summed E-state index contributed by atoms with van der Waals surface area (Å²) in [6.45, 7) is 3.70. The van der Waals surface area contributed by atoms with Crippen LogP contribution in [0.15, 0.2) is 12.7 Å². The lowest BCUT2D eigenvalue weighted by Gasteiger charge is -2.16. The first kappa shape index (κ1) is 11.7. The normalized spacial score (nSPS) is 12.4. The summed E-state index contributed by atoms with van der Waals surface area (Å²) in [6, 6.07) is 0.106. The van der Waals surface area contributed by atoms with Gasteiger partial charge in [-0.2, -0.15) is 0 Å². The van der Waals surface area contributed by atoms with Gasteiger partial charge in [0.15, 0.2) is 0 Å². The van der Waals surface area contributed by atoms with E-state index in [9.17, 15) is 0 Å². The zero-order chi connectivity index (χ0) is 6.57. The minimum atomic E-state index is 0. The average Bonchev–Trinajstić information content (AvgIpc) is 1.69. The number of rotatable bonds is 3. The fraction of sp³-hybridized carbons (Fsp3) is 0.667. The van der Waals surface area contributed by atoms with Gasteiger partial charge in [-0.05, 0) is 14.1 Å². The van der Waals surface area contributed by atoms with Crippen LogP contribution >= 0.6 is 12.4 Å². The van der Waals surface area contributed by atoms with Gasteiger partial charge in [0.1, 0.15) is 0 Å². The van der Waals surface area contributed by atoms with Crippen molar-refractivity contribution in [3.05, 3.63) is 12.7 Å². The molecule has 0 amide bonds. The second kappa shape index (κ2) is 6.08. The van der Waals surface area contributed by atoms with Crippen LogP contribution in [0.4, 0.5) is 0 Å². The summed E-state index contributed by atoms with van der Waals surface area (Å²) >= 11 is 0. The van der Waals surface area contributed by atoms with Gasteiger partial charge in [-0.25, -0.2) is 0 Å². The Morgan fingerprint density at radius 1 is 1.67 bits per heavy atom. The Bertz CT molecular complexity index is 75.5. The third kappa shape index (κ3) is 4.45. The molecule has 0 fully saturated rings. The Balaban J connectivity index is 0. The number of aliphatic hydroxyl groups is 1. The minimum Gasteiger partial charge on any atom is -0.394 e.